The number of hydrogen-bond acceptors (Lipinski definition) is 1. The first-order chi connectivity index (χ1) is 9.69. The molecule has 0 heterocycles. The zero-order chi connectivity index (χ0) is 14.4. The van der Waals surface area contributed by atoms with Gasteiger partial charge in [0.25, 0.3) is 0 Å². The van der Waals surface area contributed by atoms with Gasteiger partial charge < -0.3 is 5.32 Å². The first-order valence-electron chi connectivity index (χ1n) is 8.48. The molecule has 0 aromatic heterocycles. The van der Waals surface area contributed by atoms with Gasteiger partial charge >= 0.3 is 0 Å². The molecule has 1 aliphatic rings. The number of rotatable bonds is 6. The SMILES string of the molecule is CCCNC(Cc1ccc(C)cc1)C1CCC(C)CC1. The van der Waals surface area contributed by atoms with Crippen LogP contribution in [0.1, 0.15) is 57.1 Å². The topological polar surface area (TPSA) is 12.0 Å². The predicted octanol–water partition coefficient (Wildman–Crippen LogP) is 4.73. The van der Waals surface area contributed by atoms with E-state index in [2.05, 4.69) is 50.4 Å². The molecule has 1 atom stereocenters. The van der Waals surface area contributed by atoms with Gasteiger partial charge in [-0.15, -0.1) is 0 Å². The molecule has 1 saturated carbocycles. The molecule has 1 heteroatoms. The highest BCUT2D eigenvalue weighted by Gasteiger charge is 2.25. The average Bonchev–Trinajstić information content (AvgIpc) is 2.46. The molecule has 0 spiro atoms. The van der Waals surface area contributed by atoms with Gasteiger partial charge in [-0.2, -0.15) is 0 Å². The fourth-order valence-electron chi connectivity index (χ4n) is 3.40. The van der Waals surface area contributed by atoms with Gasteiger partial charge in [0.05, 0.1) is 0 Å². The van der Waals surface area contributed by atoms with Crippen LogP contribution in [-0.2, 0) is 6.42 Å². The van der Waals surface area contributed by atoms with E-state index in [1.165, 1.54) is 49.7 Å². The van der Waals surface area contributed by atoms with Crippen molar-refractivity contribution in [2.45, 2.75) is 65.3 Å². The molecule has 1 aromatic carbocycles. The van der Waals surface area contributed by atoms with E-state index in [4.69, 9.17) is 0 Å². The van der Waals surface area contributed by atoms with Crippen LogP contribution < -0.4 is 5.32 Å². The number of hydrogen-bond donors (Lipinski definition) is 1. The molecule has 1 fully saturated rings. The van der Waals surface area contributed by atoms with E-state index in [0.717, 1.165) is 18.4 Å². The molecule has 0 saturated heterocycles. The van der Waals surface area contributed by atoms with E-state index in [-0.39, 0.29) is 0 Å². The van der Waals surface area contributed by atoms with Crippen LogP contribution in [0.15, 0.2) is 24.3 Å². The Hall–Kier alpha value is -0.820. The maximum Gasteiger partial charge on any atom is 0.0136 e. The van der Waals surface area contributed by atoms with Gasteiger partial charge in [0.1, 0.15) is 0 Å². The molecule has 20 heavy (non-hydrogen) atoms. The minimum Gasteiger partial charge on any atom is -0.313 e. The Morgan fingerprint density at radius 2 is 1.75 bits per heavy atom. The monoisotopic (exact) mass is 273 g/mol. The molecular formula is C19H31N. The van der Waals surface area contributed by atoms with Gasteiger partial charge in [0.15, 0.2) is 0 Å². The maximum absolute atomic E-state index is 3.82. The lowest BCUT2D eigenvalue weighted by Gasteiger charge is -2.33. The van der Waals surface area contributed by atoms with E-state index in [1.807, 2.05) is 0 Å². The van der Waals surface area contributed by atoms with Crippen molar-refractivity contribution in [3.8, 4) is 0 Å². The Labute approximate surface area is 125 Å². The summed E-state index contributed by atoms with van der Waals surface area (Å²) in [7, 11) is 0. The molecule has 1 aromatic rings. The molecule has 1 N–H and O–H groups in total. The van der Waals surface area contributed by atoms with E-state index >= 15 is 0 Å². The summed E-state index contributed by atoms with van der Waals surface area (Å²) in [6, 6.07) is 9.78. The van der Waals surface area contributed by atoms with Gasteiger partial charge in [-0.1, -0.05) is 56.5 Å². The summed E-state index contributed by atoms with van der Waals surface area (Å²) in [6.45, 7) is 7.99. The molecule has 1 aliphatic carbocycles. The Kier molecular flexibility index (Phi) is 6.09. The second kappa shape index (κ2) is 7.83. The highest BCUT2D eigenvalue weighted by molar-refractivity contribution is 5.22. The zero-order valence-corrected chi connectivity index (χ0v) is 13.5. The first-order valence-corrected chi connectivity index (χ1v) is 8.48. The lowest BCUT2D eigenvalue weighted by atomic mass is 9.77. The third-order valence-electron chi connectivity index (χ3n) is 4.86. The van der Waals surface area contributed by atoms with Crippen LogP contribution in [0.25, 0.3) is 0 Å². The highest BCUT2D eigenvalue weighted by atomic mass is 14.9. The summed E-state index contributed by atoms with van der Waals surface area (Å²) >= 11 is 0. The van der Waals surface area contributed by atoms with E-state index in [0.29, 0.717) is 6.04 Å². The molecule has 1 unspecified atom stereocenters. The van der Waals surface area contributed by atoms with Gasteiger partial charge in [-0.05, 0) is 56.6 Å². The van der Waals surface area contributed by atoms with Crippen molar-refractivity contribution < 1.29 is 0 Å². The Bertz CT molecular complexity index is 373. The number of benzene rings is 1. The Morgan fingerprint density at radius 1 is 1.10 bits per heavy atom. The van der Waals surface area contributed by atoms with Gasteiger partial charge in [-0.3, -0.25) is 0 Å². The lowest BCUT2D eigenvalue weighted by molar-refractivity contribution is 0.229. The minimum absolute atomic E-state index is 0.671. The maximum atomic E-state index is 3.82. The van der Waals surface area contributed by atoms with E-state index in [1.54, 1.807) is 0 Å². The highest BCUT2D eigenvalue weighted by Crippen LogP contribution is 2.31. The molecule has 112 valence electrons. The third-order valence-corrected chi connectivity index (χ3v) is 4.86. The molecule has 0 radical (unpaired) electrons. The summed E-state index contributed by atoms with van der Waals surface area (Å²) in [5.74, 6) is 1.82. The van der Waals surface area contributed by atoms with Crippen LogP contribution in [0, 0.1) is 18.8 Å². The number of nitrogens with one attached hydrogen (secondary N) is 1. The Balaban J connectivity index is 1.97. The van der Waals surface area contributed by atoms with E-state index in [9.17, 15) is 0 Å². The van der Waals surface area contributed by atoms with Crippen molar-refractivity contribution in [2.24, 2.45) is 11.8 Å². The average molecular weight is 273 g/mol. The molecule has 0 bridgehead atoms. The fourth-order valence-corrected chi connectivity index (χ4v) is 3.40. The van der Waals surface area contributed by atoms with Crippen LogP contribution in [0.5, 0.6) is 0 Å². The normalized spacial score (nSPS) is 24.6. The van der Waals surface area contributed by atoms with Crippen molar-refractivity contribution >= 4 is 0 Å². The van der Waals surface area contributed by atoms with Gasteiger partial charge in [0.2, 0.25) is 0 Å². The summed E-state index contributed by atoms with van der Waals surface area (Å²) in [5.41, 5.74) is 2.85. The third kappa shape index (κ3) is 4.63. The molecule has 2 rings (SSSR count). The minimum atomic E-state index is 0.671. The first kappa shape index (κ1) is 15.6. The van der Waals surface area contributed by atoms with Crippen LogP contribution in [-0.4, -0.2) is 12.6 Å². The van der Waals surface area contributed by atoms with E-state index < -0.39 is 0 Å². The fraction of sp³-hybridized carbons (Fsp3) is 0.684. The smallest absolute Gasteiger partial charge is 0.0136 e. The van der Waals surface area contributed by atoms with Crippen molar-refractivity contribution in [1.29, 1.82) is 0 Å². The standard InChI is InChI=1S/C19H31N/c1-4-13-20-19(18-11-7-16(3)8-12-18)14-17-9-5-15(2)6-10-17/h5-6,9-10,16,18-20H,4,7-8,11-14H2,1-3H3. The van der Waals surface area contributed by atoms with Crippen molar-refractivity contribution in [3.05, 3.63) is 35.4 Å². The van der Waals surface area contributed by atoms with Crippen LogP contribution in [0.2, 0.25) is 0 Å². The second-order valence-corrected chi connectivity index (χ2v) is 6.77. The lowest BCUT2D eigenvalue weighted by Crippen LogP contribution is -2.40. The van der Waals surface area contributed by atoms with Crippen molar-refractivity contribution in [3.63, 3.8) is 0 Å². The summed E-state index contributed by atoms with van der Waals surface area (Å²) in [6.07, 6.45) is 8.08. The molecule has 0 aliphatic heterocycles. The Morgan fingerprint density at radius 3 is 2.35 bits per heavy atom. The molecule has 0 amide bonds. The quantitative estimate of drug-likeness (QED) is 0.790. The van der Waals surface area contributed by atoms with Crippen LogP contribution >= 0.6 is 0 Å². The largest absolute Gasteiger partial charge is 0.313 e. The second-order valence-electron chi connectivity index (χ2n) is 6.77. The molecular weight excluding hydrogens is 242 g/mol. The van der Waals surface area contributed by atoms with Crippen molar-refractivity contribution in [1.82, 2.24) is 5.32 Å². The number of aryl methyl sites for hydroxylation is 1. The van der Waals surface area contributed by atoms with Gasteiger partial charge in [0, 0.05) is 6.04 Å². The van der Waals surface area contributed by atoms with Crippen LogP contribution in [0.3, 0.4) is 0 Å². The summed E-state index contributed by atoms with van der Waals surface area (Å²) in [5, 5.41) is 3.82. The zero-order valence-electron chi connectivity index (χ0n) is 13.5. The molecule has 1 nitrogen and oxygen atoms in total. The van der Waals surface area contributed by atoms with Crippen molar-refractivity contribution in [2.75, 3.05) is 6.54 Å². The summed E-state index contributed by atoms with van der Waals surface area (Å²) in [4.78, 5) is 0. The summed E-state index contributed by atoms with van der Waals surface area (Å²) < 4.78 is 0. The van der Waals surface area contributed by atoms with Crippen LogP contribution in [0.4, 0.5) is 0 Å². The van der Waals surface area contributed by atoms with Gasteiger partial charge in [-0.25, -0.2) is 0 Å². The predicted molar refractivity (Wildman–Crippen MR) is 88.1 cm³/mol.